The highest BCUT2D eigenvalue weighted by Crippen LogP contribution is 2.31. The molecule has 3 N–H and O–H groups in total. The van der Waals surface area contributed by atoms with Gasteiger partial charge in [-0.2, -0.15) is 0 Å². The molecular weight excluding hydrogens is 362 g/mol. The maximum Gasteiger partial charge on any atom is 0.225 e. The summed E-state index contributed by atoms with van der Waals surface area (Å²) >= 11 is 0. The number of rotatable bonds is 8. The van der Waals surface area contributed by atoms with Crippen LogP contribution < -0.4 is 16.0 Å². The van der Waals surface area contributed by atoms with Gasteiger partial charge in [0.05, 0.1) is 6.54 Å². The van der Waals surface area contributed by atoms with Crippen LogP contribution in [0.1, 0.15) is 63.9 Å². The molecule has 0 aliphatic carbocycles. The first kappa shape index (κ1) is 21.6. The molecule has 3 rings (SSSR count). The lowest BCUT2D eigenvalue weighted by molar-refractivity contribution is -0.116. The molecule has 1 fully saturated rings. The van der Waals surface area contributed by atoms with E-state index in [9.17, 15) is 4.79 Å². The number of hydrogen-bond acceptors (Lipinski definition) is 3. The van der Waals surface area contributed by atoms with Crippen molar-refractivity contribution in [1.82, 2.24) is 15.5 Å². The lowest BCUT2D eigenvalue weighted by Crippen LogP contribution is -2.39. The molecule has 1 amide bonds. The standard InChI is InChI=1S/C23H37N5O/c1-3-24-23(25-13-7-9-15-28-14-8-6-10-18(28)2)26-17-19-16-22(29)27-21-12-5-4-11-20(19)21/h4-5,11-12,18-19H,3,6-10,13-17H2,1-2H3,(H,27,29)(H2,24,25,26). The van der Waals surface area contributed by atoms with E-state index in [1.165, 1.54) is 44.3 Å². The monoisotopic (exact) mass is 399 g/mol. The maximum absolute atomic E-state index is 12.0. The van der Waals surface area contributed by atoms with Crippen LogP contribution in [0.4, 0.5) is 5.69 Å². The van der Waals surface area contributed by atoms with Gasteiger partial charge in [0.25, 0.3) is 0 Å². The zero-order valence-electron chi connectivity index (χ0n) is 18.0. The molecule has 0 spiro atoms. The summed E-state index contributed by atoms with van der Waals surface area (Å²) in [5, 5.41) is 9.76. The highest BCUT2D eigenvalue weighted by atomic mass is 16.1. The quantitative estimate of drug-likeness (QED) is 0.356. The molecule has 2 aliphatic rings. The molecule has 2 aliphatic heterocycles. The average Bonchev–Trinajstić information content (AvgIpc) is 2.72. The van der Waals surface area contributed by atoms with E-state index in [1.54, 1.807) is 0 Å². The molecule has 1 saturated heterocycles. The van der Waals surface area contributed by atoms with Gasteiger partial charge >= 0.3 is 0 Å². The van der Waals surface area contributed by atoms with Gasteiger partial charge in [-0.15, -0.1) is 0 Å². The SMILES string of the molecule is CCNC(=NCC1CC(=O)Nc2ccccc21)NCCCCN1CCCCC1C. The van der Waals surface area contributed by atoms with Gasteiger partial charge in [-0.3, -0.25) is 9.79 Å². The fourth-order valence-corrected chi connectivity index (χ4v) is 4.34. The van der Waals surface area contributed by atoms with Gasteiger partial charge in [-0.05, 0) is 64.3 Å². The third-order valence-electron chi connectivity index (χ3n) is 6.03. The van der Waals surface area contributed by atoms with Crippen LogP contribution in [0.5, 0.6) is 0 Å². The van der Waals surface area contributed by atoms with E-state index in [1.807, 2.05) is 18.2 Å². The minimum atomic E-state index is 0.0776. The van der Waals surface area contributed by atoms with Crippen LogP contribution in [0.2, 0.25) is 0 Å². The Balaban J connectivity index is 1.45. The number of anilines is 1. The van der Waals surface area contributed by atoms with E-state index in [0.29, 0.717) is 13.0 Å². The summed E-state index contributed by atoms with van der Waals surface area (Å²) in [6.07, 6.45) is 6.93. The zero-order chi connectivity index (χ0) is 20.5. The van der Waals surface area contributed by atoms with Crippen LogP contribution in [-0.2, 0) is 4.79 Å². The van der Waals surface area contributed by atoms with E-state index in [4.69, 9.17) is 4.99 Å². The average molecular weight is 400 g/mol. The highest BCUT2D eigenvalue weighted by Gasteiger charge is 2.24. The number of nitrogens with one attached hydrogen (secondary N) is 3. The van der Waals surface area contributed by atoms with Crippen LogP contribution >= 0.6 is 0 Å². The largest absolute Gasteiger partial charge is 0.357 e. The molecule has 0 saturated carbocycles. The molecule has 1 aromatic rings. The van der Waals surface area contributed by atoms with Crippen molar-refractivity contribution in [3.05, 3.63) is 29.8 Å². The van der Waals surface area contributed by atoms with Crippen LogP contribution in [0.3, 0.4) is 0 Å². The van der Waals surface area contributed by atoms with E-state index in [0.717, 1.165) is 37.2 Å². The Bertz CT molecular complexity index is 690. The van der Waals surface area contributed by atoms with Gasteiger partial charge in [0.15, 0.2) is 5.96 Å². The summed E-state index contributed by atoms with van der Waals surface area (Å²) < 4.78 is 0. The van der Waals surface area contributed by atoms with Crippen LogP contribution in [0, 0.1) is 0 Å². The summed E-state index contributed by atoms with van der Waals surface area (Å²) in [4.78, 5) is 19.4. The normalized spacial score (nSPS) is 22.7. The molecule has 160 valence electrons. The summed E-state index contributed by atoms with van der Waals surface area (Å²) in [5.41, 5.74) is 2.11. The molecule has 0 radical (unpaired) electrons. The Labute approximate surface area is 175 Å². The molecule has 29 heavy (non-hydrogen) atoms. The number of carbonyl (C=O) groups excluding carboxylic acids is 1. The third kappa shape index (κ3) is 6.46. The summed E-state index contributed by atoms with van der Waals surface area (Å²) in [7, 11) is 0. The molecule has 2 atom stereocenters. The van der Waals surface area contributed by atoms with Crippen LogP contribution in [0.15, 0.2) is 29.3 Å². The number of para-hydroxylation sites is 1. The van der Waals surface area contributed by atoms with Crippen molar-refractivity contribution in [2.45, 2.75) is 64.3 Å². The van der Waals surface area contributed by atoms with Crippen molar-refractivity contribution in [3.8, 4) is 0 Å². The number of fused-ring (bicyclic) bond motifs is 1. The molecule has 0 bridgehead atoms. The van der Waals surface area contributed by atoms with Gasteiger partial charge in [-0.25, -0.2) is 0 Å². The molecule has 2 unspecified atom stereocenters. The molecule has 6 nitrogen and oxygen atoms in total. The number of amides is 1. The van der Waals surface area contributed by atoms with Crippen molar-refractivity contribution in [1.29, 1.82) is 0 Å². The molecule has 1 aromatic carbocycles. The lowest BCUT2D eigenvalue weighted by Gasteiger charge is -2.33. The lowest BCUT2D eigenvalue weighted by atomic mass is 9.91. The molecule has 0 aromatic heterocycles. The second-order valence-electron chi connectivity index (χ2n) is 8.27. The smallest absolute Gasteiger partial charge is 0.225 e. The molecule has 6 heteroatoms. The van der Waals surface area contributed by atoms with Crippen molar-refractivity contribution < 1.29 is 4.79 Å². The Morgan fingerprint density at radius 2 is 2.10 bits per heavy atom. The van der Waals surface area contributed by atoms with Gasteiger partial charge in [0, 0.05) is 37.2 Å². The first-order valence-corrected chi connectivity index (χ1v) is 11.3. The van der Waals surface area contributed by atoms with Crippen LogP contribution in [-0.4, -0.2) is 55.5 Å². The fraction of sp³-hybridized carbons (Fsp3) is 0.652. The Morgan fingerprint density at radius 1 is 1.24 bits per heavy atom. The number of likely N-dealkylation sites (tertiary alicyclic amines) is 1. The van der Waals surface area contributed by atoms with Crippen LogP contribution in [0.25, 0.3) is 0 Å². The molecular formula is C23H37N5O. The predicted molar refractivity (Wildman–Crippen MR) is 121 cm³/mol. The predicted octanol–water partition coefficient (Wildman–Crippen LogP) is 3.32. The summed E-state index contributed by atoms with van der Waals surface area (Å²) in [6.45, 7) is 9.27. The second kappa shape index (κ2) is 11.2. The Kier molecular flexibility index (Phi) is 8.35. The van der Waals surface area contributed by atoms with Gasteiger partial charge in [0.2, 0.25) is 5.91 Å². The number of unbranched alkanes of at least 4 members (excludes halogenated alkanes) is 1. The number of hydrogen-bond donors (Lipinski definition) is 3. The topological polar surface area (TPSA) is 68.8 Å². The highest BCUT2D eigenvalue weighted by molar-refractivity contribution is 5.94. The van der Waals surface area contributed by atoms with Gasteiger partial charge in [0.1, 0.15) is 0 Å². The first-order chi connectivity index (χ1) is 14.2. The van der Waals surface area contributed by atoms with Crippen molar-refractivity contribution in [3.63, 3.8) is 0 Å². The number of piperidine rings is 1. The maximum atomic E-state index is 12.0. The third-order valence-corrected chi connectivity index (χ3v) is 6.03. The van der Waals surface area contributed by atoms with E-state index >= 15 is 0 Å². The van der Waals surface area contributed by atoms with Crippen molar-refractivity contribution in [2.24, 2.45) is 4.99 Å². The fourth-order valence-electron chi connectivity index (χ4n) is 4.34. The van der Waals surface area contributed by atoms with Crippen molar-refractivity contribution in [2.75, 3.05) is 38.0 Å². The Morgan fingerprint density at radius 3 is 2.93 bits per heavy atom. The van der Waals surface area contributed by atoms with E-state index < -0.39 is 0 Å². The first-order valence-electron chi connectivity index (χ1n) is 11.3. The minimum Gasteiger partial charge on any atom is -0.357 e. The minimum absolute atomic E-state index is 0.0776. The van der Waals surface area contributed by atoms with E-state index in [-0.39, 0.29) is 11.8 Å². The summed E-state index contributed by atoms with van der Waals surface area (Å²) in [6, 6.07) is 8.79. The summed E-state index contributed by atoms with van der Waals surface area (Å²) in [5.74, 6) is 1.06. The van der Waals surface area contributed by atoms with Crippen molar-refractivity contribution >= 4 is 17.6 Å². The number of benzene rings is 1. The number of carbonyl (C=O) groups is 1. The molecule has 2 heterocycles. The number of aliphatic imine (C=N–C) groups is 1. The number of nitrogens with zero attached hydrogens (tertiary/aromatic N) is 2. The second-order valence-corrected chi connectivity index (χ2v) is 8.27. The Hall–Kier alpha value is -2.08. The number of guanidine groups is 1. The van der Waals surface area contributed by atoms with Gasteiger partial charge in [-0.1, -0.05) is 24.6 Å². The zero-order valence-corrected chi connectivity index (χ0v) is 18.0. The van der Waals surface area contributed by atoms with Gasteiger partial charge < -0.3 is 20.9 Å². The van der Waals surface area contributed by atoms with E-state index in [2.05, 4.69) is 40.8 Å².